The predicted octanol–water partition coefficient (Wildman–Crippen LogP) is 6.29. The fourth-order valence-electron chi connectivity index (χ4n) is 5.69. The van der Waals surface area contributed by atoms with Gasteiger partial charge in [0.1, 0.15) is 28.9 Å². The third kappa shape index (κ3) is 6.89. The van der Waals surface area contributed by atoms with E-state index in [1.54, 1.807) is 30.3 Å². The van der Waals surface area contributed by atoms with Crippen molar-refractivity contribution in [2.24, 2.45) is 5.92 Å². The molecule has 1 saturated heterocycles. The smallest absolute Gasteiger partial charge is 0.294 e. The summed E-state index contributed by atoms with van der Waals surface area (Å²) in [4.78, 5) is 33.3. The number of nitrogens with zero attached hydrogens (tertiary/aromatic N) is 2. The molecule has 4 aromatic rings. The standard InChI is InChI=1S/C33H35ClN4O6/c1-38(2)23-11-8-20(9-12-23)31(39)37-29-26-16-24(43-25-18-41-33(42-19-25)21-6-4-3-5-7-21)13-14-27(26)44-30(29)32(40)36-28-15-10-22(34)17-35-28/h3-7,10,13-17,20,23,25,33H,8-9,11-12,18-19H2,1-2H3,(H,37,39)(H,35,36,40). The number of halogens is 1. The minimum Gasteiger partial charge on any atom is -0.486 e. The molecule has 44 heavy (non-hydrogen) atoms. The molecule has 2 aromatic heterocycles. The molecular formula is C33H35ClN4O6. The molecule has 1 aliphatic heterocycles. The molecule has 2 aromatic carbocycles. The van der Waals surface area contributed by atoms with Gasteiger partial charge in [0.25, 0.3) is 5.91 Å². The van der Waals surface area contributed by atoms with Crippen LogP contribution in [0, 0.1) is 5.92 Å². The number of hydrogen-bond acceptors (Lipinski definition) is 8. The van der Waals surface area contributed by atoms with Crippen LogP contribution in [0.25, 0.3) is 11.0 Å². The quantitative estimate of drug-likeness (QED) is 0.237. The fraction of sp³-hybridized carbons (Fsp3) is 0.364. The van der Waals surface area contributed by atoms with Crippen molar-refractivity contribution in [3.05, 3.63) is 83.2 Å². The van der Waals surface area contributed by atoms with Crippen molar-refractivity contribution >= 4 is 45.9 Å². The molecule has 0 spiro atoms. The molecule has 6 rings (SSSR count). The van der Waals surface area contributed by atoms with Gasteiger partial charge < -0.3 is 34.2 Å². The normalized spacial score (nSPS) is 22.1. The first-order valence-electron chi connectivity index (χ1n) is 14.8. The molecule has 230 valence electrons. The number of carbonyl (C=O) groups is 2. The zero-order valence-corrected chi connectivity index (χ0v) is 25.4. The molecule has 0 radical (unpaired) electrons. The number of furan rings is 1. The minimum atomic E-state index is -0.550. The zero-order valence-electron chi connectivity index (χ0n) is 24.6. The first-order chi connectivity index (χ1) is 21.3. The second kappa shape index (κ2) is 13.4. The first-order valence-corrected chi connectivity index (χ1v) is 15.1. The lowest BCUT2D eigenvalue weighted by molar-refractivity contribution is -0.215. The van der Waals surface area contributed by atoms with E-state index in [1.165, 1.54) is 6.20 Å². The predicted molar refractivity (Wildman–Crippen MR) is 167 cm³/mol. The van der Waals surface area contributed by atoms with E-state index >= 15 is 0 Å². The van der Waals surface area contributed by atoms with Crippen LogP contribution in [0.1, 0.15) is 48.1 Å². The molecule has 3 heterocycles. The van der Waals surface area contributed by atoms with Crippen molar-refractivity contribution in [1.82, 2.24) is 9.88 Å². The van der Waals surface area contributed by atoms with Crippen LogP contribution in [-0.4, -0.2) is 61.2 Å². The lowest BCUT2D eigenvalue weighted by Crippen LogP contribution is -2.35. The molecule has 2 N–H and O–H groups in total. The minimum absolute atomic E-state index is 0.0285. The summed E-state index contributed by atoms with van der Waals surface area (Å²) in [7, 11) is 4.13. The van der Waals surface area contributed by atoms with Crippen molar-refractivity contribution in [2.75, 3.05) is 37.9 Å². The summed E-state index contributed by atoms with van der Waals surface area (Å²) in [5.41, 5.74) is 1.66. The van der Waals surface area contributed by atoms with Crippen LogP contribution in [-0.2, 0) is 14.3 Å². The summed E-state index contributed by atoms with van der Waals surface area (Å²) < 4.78 is 24.0. The van der Waals surface area contributed by atoms with Gasteiger partial charge in [-0.15, -0.1) is 0 Å². The van der Waals surface area contributed by atoms with Crippen LogP contribution >= 0.6 is 11.6 Å². The molecule has 11 heteroatoms. The van der Waals surface area contributed by atoms with E-state index in [-0.39, 0.29) is 29.4 Å². The Labute approximate surface area is 260 Å². The number of hydrogen-bond donors (Lipinski definition) is 2. The lowest BCUT2D eigenvalue weighted by atomic mass is 9.85. The molecule has 1 aliphatic carbocycles. The summed E-state index contributed by atoms with van der Waals surface area (Å²) >= 11 is 5.95. The Morgan fingerprint density at radius 3 is 2.39 bits per heavy atom. The van der Waals surface area contributed by atoms with Gasteiger partial charge in [-0.1, -0.05) is 41.9 Å². The highest BCUT2D eigenvalue weighted by Crippen LogP contribution is 2.36. The van der Waals surface area contributed by atoms with Crippen molar-refractivity contribution < 1.29 is 28.2 Å². The average molecular weight is 619 g/mol. The molecule has 0 unspecified atom stereocenters. The highest BCUT2D eigenvalue weighted by Gasteiger charge is 2.31. The topological polar surface area (TPSA) is 115 Å². The summed E-state index contributed by atoms with van der Waals surface area (Å²) in [5, 5.41) is 6.75. The van der Waals surface area contributed by atoms with Crippen LogP contribution in [0.5, 0.6) is 5.75 Å². The highest BCUT2D eigenvalue weighted by atomic mass is 35.5. The Balaban J connectivity index is 1.22. The second-order valence-electron chi connectivity index (χ2n) is 11.4. The van der Waals surface area contributed by atoms with Gasteiger partial charge in [0.05, 0.1) is 18.2 Å². The molecular weight excluding hydrogens is 584 g/mol. The molecule has 2 aliphatic rings. The van der Waals surface area contributed by atoms with Crippen molar-refractivity contribution in [3.8, 4) is 5.75 Å². The van der Waals surface area contributed by atoms with Crippen LogP contribution in [0.3, 0.4) is 0 Å². The van der Waals surface area contributed by atoms with Crippen LogP contribution < -0.4 is 15.4 Å². The second-order valence-corrected chi connectivity index (χ2v) is 11.8. The number of amides is 2. The summed E-state index contributed by atoms with van der Waals surface area (Å²) in [6, 6.07) is 18.6. The third-order valence-corrected chi connectivity index (χ3v) is 8.35. The van der Waals surface area contributed by atoms with Crippen LogP contribution in [0.2, 0.25) is 5.02 Å². The number of ether oxygens (including phenoxy) is 3. The molecule has 2 fully saturated rings. The van der Waals surface area contributed by atoms with Gasteiger partial charge in [-0.2, -0.15) is 0 Å². The average Bonchev–Trinajstić information content (AvgIpc) is 3.40. The van der Waals surface area contributed by atoms with Gasteiger partial charge >= 0.3 is 0 Å². The van der Waals surface area contributed by atoms with E-state index in [4.69, 9.17) is 30.2 Å². The third-order valence-electron chi connectivity index (χ3n) is 8.12. The highest BCUT2D eigenvalue weighted by molar-refractivity contribution is 6.30. The van der Waals surface area contributed by atoms with E-state index < -0.39 is 12.2 Å². The fourth-order valence-corrected chi connectivity index (χ4v) is 5.80. The number of nitrogens with one attached hydrogen (secondary N) is 2. The van der Waals surface area contributed by atoms with Gasteiger partial charge in [0.15, 0.2) is 6.29 Å². The Morgan fingerprint density at radius 2 is 1.70 bits per heavy atom. The molecule has 0 atom stereocenters. The number of carbonyl (C=O) groups excluding carboxylic acids is 2. The Morgan fingerprint density at radius 1 is 0.955 bits per heavy atom. The number of rotatable bonds is 8. The van der Waals surface area contributed by atoms with Crippen molar-refractivity contribution in [1.29, 1.82) is 0 Å². The monoisotopic (exact) mass is 618 g/mol. The SMILES string of the molecule is CN(C)C1CCC(C(=O)Nc2c(C(=O)Nc3ccc(Cl)cn3)oc3ccc(OC4COC(c5ccccc5)OC4)cc23)CC1. The zero-order chi connectivity index (χ0) is 30.6. The van der Waals surface area contributed by atoms with Gasteiger partial charge in [-0.3, -0.25) is 9.59 Å². The summed E-state index contributed by atoms with van der Waals surface area (Å²) in [6.07, 6.45) is 4.04. The van der Waals surface area contributed by atoms with Crippen molar-refractivity contribution in [3.63, 3.8) is 0 Å². The van der Waals surface area contributed by atoms with E-state index in [0.717, 1.165) is 31.2 Å². The molecule has 2 amide bonds. The maximum Gasteiger partial charge on any atom is 0.294 e. The number of aromatic nitrogens is 1. The maximum absolute atomic E-state index is 13.5. The maximum atomic E-state index is 13.5. The van der Waals surface area contributed by atoms with Crippen molar-refractivity contribution in [2.45, 2.75) is 44.1 Å². The summed E-state index contributed by atoms with van der Waals surface area (Å²) in [5.74, 6) is -0.0592. The van der Waals surface area contributed by atoms with Gasteiger partial charge in [0.2, 0.25) is 11.7 Å². The van der Waals surface area contributed by atoms with Crippen LogP contribution in [0.4, 0.5) is 11.5 Å². The lowest BCUT2D eigenvalue weighted by Gasteiger charge is -2.31. The van der Waals surface area contributed by atoms with Gasteiger partial charge in [-0.05, 0) is 70.1 Å². The van der Waals surface area contributed by atoms with Gasteiger partial charge in [0, 0.05) is 29.1 Å². The number of fused-ring (bicyclic) bond motifs is 1. The number of anilines is 2. The molecule has 10 nitrogen and oxygen atoms in total. The largest absolute Gasteiger partial charge is 0.486 e. The Hall–Kier alpha value is -3.96. The number of pyridine rings is 1. The van der Waals surface area contributed by atoms with E-state index in [9.17, 15) is 9.59 Å². The van der Waals surface area contributed by atoms with E-state index in [1.807, 2.05) is 30.3 Å². The number of benzene rings is 2. The first kappa shape index (κ1) is 30.1. The summed E-state index contributed by atoms with van der Waals surface area (Å²) in [6.45, 7) is 0.675. The molecule has 1 saturated carbocycles. The Bertz CT molecular complexity index is 1590. The van der Waals surface area contributed by atoms with E-state index in [0.29, 0.717) is 46.8 Å². The molecule has 0 bridgehead atoms. The van der Waals surface area contributed by atoms with Crippen LogP contribution in [0.15, 0.2) is 71.3 Å². The van der Waals surface area contributed by atoms with E-state index in [2.05, 4.69) is 34.6 Å². The Kier molecular flexibility index (Phi) is 9.13. The van der Waals surface area contributed by atoms with Gasteiger partial charge in [-0.25, -0.2) is 4.98 Å².